The molecular formula is C21H17NO4. The second kappa shape index (κ2) is 7.53. The molecule has 0 fully saturated rings. The third kappa shape index (κ3) is 3.89. The summed E-state index contributed by atoms with van der Waals surface area (Å²) in [6.45, 7) is 0. The lowest BCUT2D eigenvalue weighted by Crippen LogP contribution is -2.12. The predicted molar refractivity (Wildman–Crippen MR) is 99.8 cm³/mol. The Bertz CT molecular complexity index is 934. The maximum atomic E-state index is 12.4. The molecular weight excluding hydrogens is 330 g/mol. The van der Waals surface area contributed by atoms with Crippen LogP contribution in [0.2, 0.25) is 0 Å². The molecule has 0 saturated heterocycles. The van der Waals surface area contributed by atoms with Crippen LogP contribution < -0.4 is 10.1 Å². The Kier molecular flexibility index (Phi) is 4.99. The van der Waals surface area contributed by atoms with Crippen molar-refractivity contribution in [1.82, 2.24) is 0 Å². The number of rotatable bonds is 5. The van der Waals surface area contributed by atoms with Crippen molar-refractivity contribution in [3.05, 3.63) is 83.9 Å². The minimum atomic E-state index is -1.06. The lowest BCUT2D eigenvalue weighted by molar-refractivity contribution is 0.0696. The van der Waals surface area contributed by atoms with Crippen LogP contribution in [0.1, 0.15) is 20.7 Å². The number of carbonyl (C=O) groups excluding carboxylic acids is 1. The van der Waals surface area contributed by atoms with Crippen LogP contribution in [0.15, 0.2) is 72.8 Å². The summed E-state index contributed by atoms with van der Waals surface area (Å²) in [5.41, 5.74) is 2.53. The molecule has 0 saturated carbocycles. The molecule has 0 aliphatic carbocycles. The number of carbonyl (C=O) groups is 2. The molecule has 0 aliphatic heterocycles. The molecule has 5 heteroatoms. The Morgan fingerprint density at radius 3 is 2.15 bits per heavy atom. The topological polar surface area (TPSA) is 75.6 Å². The Morgan fingerprint density at radius 1 is 0.846 bits per heavy atom. The average molecular weight is 347 g/mol. The van der Waals surface area contributed by atoms with Crippen molar-refractivity contribution in [2.45, 2.75) is 0 Å². The van der Waals surface area contributed by atoms with Gasteiger partial charge in [0, 0.05) is 11.3 Å². The van der Waals surface area contributed by atoms with Crippen LogP contribution in [0.5, 0.6) is 5.75 Å². The van der Waals surface area contributed by atoms with Crippen molar-refractivity contribution >= 4 is 17.6 Å². The van der Waals surface area contributed by atoms with Crippen LogP contribution in [0.4, 0.5) is 5.69 Å². The number of aromatic carboxylic acids is 1. The Morgan fingerprint density at radius 2 is 1.54 bits per heavy atom. The van der Waals surface area contributed by atoms with Gasteiger partial charge < -0.3 is 15.2 Å². The average Bonchev–Trinajstić information content (AvgIpc) is 2.68. The maximum absolute atomic E-state index is 12.4. The van der Waals surface area contributed by atoms with E-state index in [1.54, 1.807) is 55.6 Å². The minimum absolute atomic E-state index is 0.0988. The molecule has 130 valence electrons. The van der Waals surface area contributed by atoms with Crippen LogP contribution >= 0.6 is 0 Å². The van der Waals surface area contributed by atoms with Crippen molar-refractivity contribution in [2.24, 2.45) is 0 Å². The van der Waals surface area contributed by atoms with E-state index >= 15 is 0 Å². The number of ether oxygens (including phenoxy) is 1. The van der Waals surface area contributed by atoms with E-state index in [1.165, 1.54) is 6.07 Å². The number of nitrogens with one attached hydrogen (secondary N) is 1. The molecule has 0 aliphatic rings. The number of methoxy groups -OCH3 is 1. The second-order valence-corrected chi connectivity index (χ2v) is 5.65. The molecule has 0 spiro atoms. The fourth-order valence-electron chi connectivity index (χ4n) is 2.57. The minimum Gasteiger partial charge on any atom is -0.497 e. The van der Waals surface area contributed by atoms with Crippen LogP contribution in [0, 0.1) is 0 Å². The number of hydrogen-bond donors (Lipinski definition) is 2. The largest absolute Gasteiger partial charge is 0.497 e. The smallest absolute Gasteiger partial charge is 0.335 e. The standard InChI is InChI=1S/C21H17NO4/c1-26-19-9-7-14(8-10-19)16-11-17(21(24)25)13-18(12-16)22-20(23)15-5-3-2-4-6-15/h2-13H,1H3,(H,22,23)(H,24,25). The third-order valence-corrected chi connectivity index (χ3v) is 3.90. The first-order valence-corrected chi connectivity index (χ1v) is 7.96. The van der Waals surface area contributed by atoms with Gasteiger partial charge in [0.2, 0.25) is 0 Å². The highest BCUT2D eigenvalue weighted by atomic mass is 16.5. The van der Waals surface area contributed by atoms with Crippen molar-refractivity contribution < 1.29 is 19.4 Å². The SMILES string of the molecule is COc1ccc(-c2cc(NC(=O)c3ccccc3)cc(C(=O)O)c2)cc1. The van der Waals surface area contributed by atoms with Gasteiger partial charge in [0.1, 0.15) is 5.75 Å². The summed E-state index contributed by atoms with van der Waals surface area (Å²) in [6, 6.07) is 20.8. The second-order valence-electron chi connectivity index (χ2n) is 5.65. The van der Waals surface area contributed by atoms with Crippen molar-refractivity contribution in [3.63, 3.8) is 0 Å². The summed E-state index contributed by atoms with van der Waals surface area (Å²) < 4.78 is 5.14. The van der Waals surface area contributed by atoms with Gasteiger partial charge in [0.15, 0.2) is 0 Å². The van der Waals surface area contributed by atoms with E-state index in [0.717, 1.165) is 5.56 Å². The molecule has 0 heterocycles. The molecule has 0 atom stereocenters. The molecule has 0 unspecified atom stereocenters. The first kappa shape index (κ1) is 17.2. The number of carboxylic acid groups (broad SMARTS) is 1. The van der Waals surface area contributed by atoms with E-state index in [0.29, 0.717) is 22.6 Å². The number of benzene rings is 3. The maximum Gasteiger partial charge on any atom is 0.335 e. The molecule has 1 amide bonds. The highest BCUT2D eigenvalue weighted by molar-refractivity contribution is 6.05. The van der Waals surface area contributed by atoms with Gasteiger partial charge in [-0.05, 0) is 53.6 Å². The van der Waals surface area contributed by atoms with E-state index in [9.17, 15) is 14.7 Å². The zero-order valence-corrected chi connectivity index (χ0v) is 14.1. The summed E-state index contributed by atoms with van der Waals surface area (Å²) in [6.07, 6.45) is 0. The van der Waals surface area contributed by atoms with Gasteiger partial charge in [-0.1, -0.05) is 30.3 Å². The third-order valence-electron chi connectivity index (χ3n) is 3.90. The van der Waals surface area contributed by atoms with Gasteiger partial charge in [-0.15, -0.1) is 0 Å². The fourth-order valence-corrected chi connectivity index (χ4v) is 2.57. The Balaban J connectivity index is 1.96. The Hall–Kier alpha value is -3.60. The van der Waals surface area contributed by atoms with Crippen molar-refractivity contribution in [1.29, 1.82) is 0 Å². The van der Waals surface area contributed by atoms with E-state index in [4.69, 9.17) is 4.74 Å². The highest BCUT2D eigenvalue weighted by Crippen LogP contribution is 2.27. The van der Waals surface area contributed by atoms with Crippen LogP contribution in [-0.4, -0.2) is 24.1 Å². The lowest BCUT2D eigenvalue weighted by Gasteiger charge is -2.10. The van der Waals surface area contributed by atoms with Crippen LogP contribution in [0.3, 0.4) is 0 Å². The molecule has 0 aromatic heterocycles. The summed E-state index contributed by atoms with van der Waals surface area (Å²) in [5.74, 6) is -0.648. The molecule has 3 aromatic carbocycles. The zero-order chi connectivity index (χ0) is 18.5. The first-order chi connectivity index (χ1) is 12.6. The van der Waals surface area contributed by atoms with Gasteiger partial charge in [-0.2, -0.15) is 0 Å². The summed E-state index contributed by atoms with van der Waals surface area (Å²) >= 11 is 0. The van der Waals surface area contributed by atoms with Gasteiger partial charge in [-0.25, -0.2) is 4.79 Å². The van der Waals surface area contributed by atoms with Gasteiger partial charge in [0.05, 0.1) is 12.7 Å². The van der Waals surface area contributed by atoms with Crippen molar-refractivity contribution in [3.8, 4) is 16.9 Å². The Labute approximate surface area is 150 Å². The van der Waals surface area contributed by atoms with E-state index in [1.807, 2.05) is 18.2 Å². The summed E-state index contributed by atoms with van der Waals surface area (Å²) in [7, 11) is 1.58. The highest BCUT2D eigenvalue weighted by Gasteiger charge is 2.11. The number of carboxylic acids is 1. The predicted octanol–water partition coefficient (Wildman–Crippen LogP) is 4.31. The van der Waals surface area contributed by atoms with E-state index in [2.05, 4.69) is 5.32 Å². The zero-order valence-electron chi connectivity index (χ0n) is 14.1. The summed E-state index contributed by atoms with van der Waals surface area (Å²) in [5, 5.41) is 12.1. The van der Waals surface area contributed by atoms with Crippen LogP contribution in [-0.2, 0) is 0 Å². The molecule has 2 N–H and O–H groups in total. The van der Waals surface area contributed by atoms with Gasteiger partial charge >= 0.3 is 5.97 Å². The van der Waals surface area contributed by atoms with Gasteiger partial charge in [0.25, 0.3) is 5.91 Å². The van der Waals surface area contributed by atoms with Gasteiger partial charge in [-0.3, -0.25) is 4.79 Å². The number of hydrogen-bond acceptors (Lipinski definition) is 3. The summed E-state index contributed by atoms with van der Waals surface area (Å²) in [4.78, 5) is 23.8. The van der Waals surface area contributed by atoms with Crippen molar-refractivity contribution in [2.75, 3.05) is 12.4 Å². The molecule has 0 radical (unpaired) electrons. The molecule has 3 aromatic rings. The van der Waals surface area contributed by atoms with E-state index < -0.39 is 5.97 Å². The van der Waals surface area contributed by atoms with E-state index in [-0.39, 0.29) is 11.5 Å². The van der Waals surface area contributed by atoms with Crippen LogP contribution in [0.25, 0.3) is 11.1 Å². The molecule has 0 bridgehead atoms. The first-order valence-electron chi connectivity index (χ1n) is 7.96. The molecule has 26 heavy (non-hydrogen) atoms. The lowest BCUT2D eigenvalue weighted by atomic mass is 10.0. The monoisotopic (exact) mass is 347 g/mol. The number of amides is 1. The fraction of sp³-hybridized carbons (Fsp3) is 0.0476. The number of anilines is 1. The molecule has 3 rings (SSSR count). The molecule has 5 nitrogen and oxygen atoms in total. The normalized spacial score (nSPS) is 10.2. The quantitative estimate of drug-likeness (QED) is 0.721.